The number of anilines is 1. The standard InChI is InChI=1S/C15H20N4O3/c1-4-12(14(20)18-13-8-10(2)22-19-13)17-9-11-6-5-7-16-15(11)21-3/h5-8,12,17H,4,9H2,1-3H3,(H,18,19,20). The molecule has 0 saturated heterocycles. The predicted octanol–water partition coefficient (Wildman–Crippen LogP) is 1.89. The van der Waals surface area contributed by atoms with Crippen molar-refractivity contribution in [3.63, 3.8) is 0 Å². The van der Waals surface area contributed by atoms with Crippen LogP contribution in [0.15, 0.2) is 28.9 Å². The van der Waals surface area contributed by atoms with Crippen LogP contribution in [-0.2, 0) is 11.3 Å². The first kappa shape index (κ1) is 16.0. The molecule has 0 bridgehead atoms. The molecule has 7 heteroatoms. The molecule has 0 saturated carbocycles. The van der Waals surface area contributed by atoms with Crippen molar-refractivity contribution >= 4 is 11.7 Å². The molecule has 2 aromatic rings. The number of pyridine rings is 1. The minimum absolute atomic E-state index is 0.154. The SMILES string of the molecule is CCC(NCc1cccnc1OC)C(=O)Nc1cc(C)on1. The molecule has 0 fully saturated rings. The van der Waals surface area contributed by atoms with Gasteiger partial charge in [-0.05, 0) is 19.4 Å². The molecular weight excluding hydrogens is 284 g/mol. The van der Waals surface area contributed by atoms with E-state index in [2.05, 4.69) is 20.8 Å². The molecule has 2 N–H and O–H groups in total. The number of carbonyl (C=O) groups is 1. The van der Waals surface area contributed by atoms with Crippen molar-refractivity contribution in [3.8, 4) is 5.88 Å². The van der Waals surface area contributed by atoms with Gasteiger partial charge in [0.05, 0.1) is 13.2 Å². The normalized spacial score (nSPS) is 12.0. The third-order valence-corrected chi connectivity index (χ3v) is 3.19. The average Bonchev–Trinajstić information content (AvgIpc) is 2.93. The fourth-order valence-electron chi connectivity index (χ4n) is 2.04. The predicted molar refractivity (Wildman–Crippen MR) is 81.6 cm³/mol. The average molecular weight is 304 g/mol. The highest BCUT2D eigenvalue weighted by atomic mass is 16.5. The molecule has 0 aliphatic carbocycles. The van der Waals surface area contributed by atoms with E-state index in [4.69, 9.17) is 9.26 Å². The lowest BCUT2D eigenvalue weighted by molar-refractivity contribution is -0.118. The molecule has 2 aromatic heterocycles. The van der Waals surface area contributed by atoms with Gasteiger partial charge in [0.2, 0.25) is 11.8 Å². The number of hydrogen-bond donors (Lipinski definition) is 2. The second-order valence-electron chi connectivity index (χ2n) is 4.83. The van der Waals surface area contributed by atoms with Gasteiger partial charge in [-0.3, -0.25) is 4.79 Å². The third kappa shape index (κ3) is 4.05. The van der Waals surface area contributed by atoms with Crippen LogP contribution in [0.5, 0.6) is 5.88 Å². The summed E-state index contributed by atoms with van der Waals surface area (Å²) in [6.45, 7) is 4.19. The number of ether oxygens (including phenoxy) is 1. The number of nitrogens with one attached hydrogen (secondary N) is 2. The maximum atomic E-state index is 12.2. The summed E-state index contributed by atoms with van der Waals surface area (Å²) in [5.74, 6) is 1.47. The van der Waals surface area contributed by atoms with Gasteiger partial charge in [-0.2, -0.15) is 0 Å². The van der Waals surface area contributed by atoms with Crippen molar-refractivity contribution in [1.29, 1.82) is 0 Å². The molecule has 2 rings (SSSR count). The third-order valence-electron chi connectivity index (χ3n) is 3.19. The summed E-state index contributed by atoms with van der Waals surface area (Å²) in [5.41, 5.74) is 0.897. The molecule has 0 aliphatic rings. The van der Waals surface area contributed by atoms with Crippen LogP contribution in [0.3, 0.4) is 0 Å². The maximum Gasteiger partial charge on any atom is 0.242 e. The summed E-state index contributed by atoms with van der Waals surface area (Å²) in [6.07, 6.45) is 2.31. The lowest BCUT2D eigenvalue weighted by Gasteiger charge is -2.16. The van der Waals surface area contributed by atoms with Crippen LogP contribution in [0, 0.1) is 6.92 Å². The fourth-order valence-corrected chi connectivity index (χ4v) is 2.04. The Morgan fingerprint density at radius 2 is 2.32 bits per heavy atom. The van der Waals surface area contributed by atoms with E-state index in [1.807, 2.05) is 19.1 Å². The van der Waals surface area contributed by atoms with Crippen LogP contribution in [0.1, 0.15) is 24.7 Å². The summed E-state index contributed by atoms with van der Waals surface area (Å²) < 4.78 is 10.1. The Bertz CT molecular complexity index is 627. The number of nitrogens with zero attached hydrogens (tertiary/aromatic N) is 2. The van der Waals surface area contributed by atoms with Gasteiger partial charge in [-0.25, -0.2) is 4.98 Å². The number of methoxy groups -OCH3 is 1. The molecule has 1 unspecified atom stereocenters. The van der Waals surface area contributed by atoms with Gasteiger partial charge in [0.25, 0.3) is 0 Å². The van der Waals surface area contributed by atoms with Gasteiger partial charge < -0.3 is 19.9 Å². The van der Waals surface area contributed by atoms with Crippen molar-refractivity contribution in [1.82, 2.24) is 15.5 Å². The summed E-state index contributed by atoms with van der Waals surface area (Å²) in [6, 6.07) is 5.07. The topological polar surface area (TPSA) is 89.3 Å². The monoisotopic (exact) mass is 304 g/mol. The van der Waals surface area contributed by atoms with Gasteiger partial charge >= 0.3 is 0 Å². The molecule has 118 valence electrons. The minimum Gasteiger partial charge on any atom is -0.481 e. The van der Waals surface area contributed by atoms with E-state index < -0.39 is 0 Å². The summed E-state index contributed by atoms with van der Waals surface area (Å²) in [5, 5.41) is 9.68. The van der Waals surface area contributed by atoms with Crippen LogP contribution in [0.4, 0.5) is 5.82 Å². The van der Waals surface area contributed by atoms with Crippen LogP contribution >= 0.6 is 0 Å². The Morgan fingerprint density at radius 3 is 2.95 bits per heavy atom. The summed E-state index contributed by atoms with van der Waals surface area (Å²) in [4.78, 5) is 16.4. The first-order valence-corrected chi connectivity index (χ1v) is 7.09. The van der Waals surface area contributed by atoms with Crippen LogP contribution in [-0.4, -0.2) is 29.2 Å². The molecule has 22 heavy (non-hydrogen) atoms. The number of rotatable bonds is 7. The Morgan fingerprint density at radius 1 is 1.50 bits per heavy atom. The second-order valence-corrected chi connectivity index (χ2v) is 4.83. The van der Waals surface area contributed by atoms with Crippen LogP contribution < -0.4 is 15.4 Å². The van der Waals surface area contributed by atoms with Crippen molar-refractivity contribution in [2.24, 2.45) is 0 Å². The smallest absolute Gasteiger partial charge is 0.242 e. The van der Waals surface area contributed by atoms with E-state index in [0.717, 1.165) is 5.56 Å². The zero-order valence-corrected chi connectivity index (χ0v) is 12.9. The zero-order chi connectivity index (χ0) is 15.9. The minimum atomic E-state index is -0.345. The van der Waals surface area contributed by atoms with E-state index in [1.54, 1.807) is 26.3 Å². The molecule has 0 radical (unpaired) electrons. The highest BCUT2D eigenvalue weighted by molar-refractivity contribution is 5.93. The Kier molecular flexibility index (Phi) is 5.48. The van der Waals surface area contributed by atoms with Crippen molar-refractivity contribution < 1.29 is 14.1 Å². The van der Waals surface area contributed by atoms with E-state index in [9.17, 15) is 4.79 Å². The van der Waals surface area contributed by atoms with Crippen molar-refractivity contribution in [2.45, 2.75) is 32.9 Å². The highest BCUT2D eigenvalue weighted by Gasteiger charge is 2.18. The quantitative estimate of drug-likeness (QED) is 0.812. The van der Waals surface area contributed by atoms with Crippen molar-refractivity contribution in [2.75, 3.05) is 12.4 Å². The van der Waals surface area contributed by atoms with Gasteiger partial charge in [0, 0.05) is 24.4 Å². The molecule has 1 atom stereocenters. The Hall–Kier alpha value is -2.41. The van der Waals surface area contributed by atoms with Crippen molar-refractivity contribution in [3.05, 3.63) is 35.7 Å². The molecule has 2 heterocycles. The van der Waals surface area contributed by atoms with E-state index in [-0.39, 0.29) is 11.9 Å². The van der Waals surface area contributed by atoms with Gasteiger partial charge in [-0.1, -0.05) is 18.1 Å². The molecule has 0 aliphatic heterocycles. The fraction of sp³-hybridized carbons (Fsp3) is 0.400. The number of aromatic nitrogens is 2. The number of aryl methyl sites for hydroxylation is 1. The summed E-state index contributed by atoms with van der Waals surface area (Å²) in [7, 11) is 1.57. The maximum absolute atomic E-state index is 12.2. The molecule has 0 aromatic carbocycles. The van der Waals surface area contributed by atoms with E-state index >= 15 is 0 Å². The first-order valence-electron chi connectivity index (χ1n) is 7.09. The first-order chi connectivity index (χ1) is 10.6. The number of hydrogen-bond acceptors (Lipinski definition) is 6. The lowest BCUT2D eigenvalue weighted by Crippen LogP contribution is -2.39. The summed E-state index contributed by atoms with van der Waals surface area (Å²) >= 11 is 0. The van der Waals surface area contributed by atoms with Crippen LogP contribution in [0.2, 0.25) is 0 Å². The lowest BCUT2D eigenvalue weighted by atomic mass is 10.2. The number of carbonyl (C=O) groups excluding carboxylic acids is 1. The van der Waals surface area contributed by atoms with Gasteiger partial charge in [0.15, 0.2) is 5.82 Å². The van der Waals surface area contributed by atoms with Crippen LogP contribution in [0.25, 0.3) is 0 Å². The number of amides is 1. The largest absolute Gasteiger partial charge is 0.481 e. The molecular formula is C15H20N4O3. The Labute approximate surface area is 129 Å². The van der Waals surface area contributed by atoms with Gasteiger partial charge in [0.1, 0.15) is 5.76 Å². The highest BCUT2D eigenvalue weighted by Crippen LogP contribution is 2.14. The molecule has 7 nitrogen and oxygen atoms in total. The molecule has 0 spiro atoms. The van der Waals surface area contributed by atoms with E-state index in [1.165, 1.54) is 0 Å². The Balaban J connectivity index is 1.95. The second kappa shape index (κ2) is 7.56. The molecule has 1 amide bonds. The van der Waals surface area contributed by atoms with Gasteiger partial charge in [-0.15, -0.1) is 0 Å². The zero-order valence-electron chi connectivity index (χ0n) is 12.9. The van der Waals surface area contributed by atoms with E-state index in [0.29, 0.717) is 30.4 Å².